The number of likely N-dealkylation sites (N-methyl/N-ethyl adjacent to an activating group) is 1. The lowest BCUT2D eigenvalue weighted by molar-refractivity contribution is -0.137. The van der Waals surface area contributed by atoms with Crippen LogP contribution in [0.25, 0.3) is 0 Å². The minimum Gasteiger partial charge on any atom is -0.491 e. The molecule has 0 saturated carbocycles. The van der Waals surface area contributed by atoms with Crippen molar-refractivity contribution >= 4 is 23.6 Å². The molecule has 0 bridgehead atoms. The maximum absolute atomic E-state index is 13.7. The van der Waals surface area contributed by atoms with Gasteiger partial charge in [-0.2, -0.15) is 0 Å². The molecule has 0 aliphatic carbocycles. The SMILES string of the molecule is CCN1CCOc2ccccc2C(=O)N[C@H](C(=O)NCCOc2cc(C(C)C)ccc2C)CC(=O)N[C@H](Cc2ccccc2)C1=O. The molecule has 0 radical (unpaired) electrons. The quantitative estimate of drug-likeness (QED) is 0.310. The van der Waals surface area contributed by atoms with Gasteiger partial charge in [-0.3, -0.25) is 19.2 Å². The molecule has 3 aromatic rings. The number of para-hydroxylation sites is 1. The van der Waals surface area contributed by atoms with Gasteiger partial charge in [0.05, 0.1) is 25.1 Å². The Morgan fingerprint density at radius 2 is 1.76 bits per heavy atom. The second-order valence-electron chi connectivity index (χ2n) is 11.6. The van der Waals surface area contributed by atoms with E-state index in [1.807, 2.05) is 56.3 Å². The van der Waals surface area contributed by atoms with Gasteiger partial charge in [-0.25, -0.2) is 0 Å². The van der Waals surface area contributed by atoms with Gasteiger partial charge < -0.3 is 30.3 Å². The molecule has 4 rings (SSSR count). The van der Waals surface area contributed by atoms with Gasteiger partial charge in [0, 0.05) is 13.0 Å². The van der Waals surface area contributed by atoms with E-state index in [1.54, 1.807) is 29.2 Å². The number of nitrogens with one attached hydrogen (secondary N) is 3. The summed E-state index contributed by atoms with van der Waals surface area (Å²) in [6.07, 6.45) is -0.106. The van der Waals surface area contributed by atoms with Crippen LogP contribution < -0.4 is 25.4 Å². The molecule has 3 N–H and O–H groups in total. The fourth-order valence-electron chi connectivity index (χ4n) is 5.21. The second-order valence-corrected chi connectivity index (χ2v) is 11.6. The number of ether oxygens (including phenoxy) is 2. The topological polar surface area (TPSA) is 126 Å². The number of benzene rings is 3. The predicted molar refractivity (Wildman–Crippen MR) is 176 cm³/mol. The average molecular weight is 629 g/mol. The third kappa shape index (κ3) is 9.32. The minimum absolute atomic E-state index is 0.138. The van der Waals surface area contributed by atoms with Crippen molar-refractivity contribution in [3.05, 3.63) is 95.1 Å². The molecule has 2 atom stereocenters. The highest BCUT2D eigenvalue weighted by atomic mass is 16.5. The molecule has 0 fully saturated rings. The lowest BCUT2D eigenvalue weighted by Gasteiger charge is -2.28. The molecule has 0 aromatic heterocycles. The van der Waals surface area contributed by atoms with Gasteiger partial charge in [0.1, 0.15) is 36.8 Å². The van der Waals surface area contributed by atoms with Gasteiger partial charge in [-0.05, 0) is 54.7 Å². The Bertz CT molecular complexity index is 1510. The minimum atomic E-state index is -1.22. The molecule has 10 nitrogen and oxygen atoms in total. The van der Waals surface area contributed by atoms with Crippen molar-refractivity contribution < 1.29 is 28.7 Å². The van der Waals surface area contributed by atoms with Crippen LogP contribution in [-0.2, 0) is 20.8 Å². The summed E-state index contributed by atoms with van der Waals surface area (Å²) in [5, 5.41) is 8.34. The Morgan fingerprint density at radius 3 is 2.50 bits per heavy atom. The van der Waals surface area contributed by atoms with Crippen molar-refractivity contribution in [1.29, 1.82) is 0 Å². The first-order valence-electron chi connectivity index (χ1n) is 15.8. The number of rotatable bonds is 9. The Labute approximate surface area is 270 Å². The van der Waals surface area contributed by atoms with Crippen LogP contribution in [0.5, 0.6) is 11.5 Å². The van der Waals surface area contributed by atoms with E-state index in [-0.39, 0.29) is 50.6 Å². The highest BCUT2D eigenvalue weighted by molar-refractivity contribution is 6.01. The maximum Gasteiger partial charge on any atom is 0.255 e. The summed E-state index contributed by atoms with van der Waals surface area (Å²) in [5.41, 5.74) is 3.22. The van der Waals surface area contributed by atoms with Crippen LogP contribution in [0, 0.1) is 6.92 Å². The molecular formula is C36H44N4O6. The third-order valence-corrected chi connectivity index (χ3v) is 7.91. The standard InChI is InChI=1S/C36H44N4O6/c1-5-40-18-20-46-31-14-10-9-13-28(31)34(42)39-29(23-33(41)38-30(36(40)44)21-26-11-7-6-8-12-26)35(43)37-17-19-45-32-22-27(24(2)3)16-15-25(32)4/h6-16,22,24,29-30H,5,17-21,23H2,1-4H3,(H,37,43)(H,38,41)(H,39,42)/t29-,30+/m0/s1. The smallest absolute Gasteiger partial charge is 0.255 e. The van der Waals surface area contributed by atoms with Gasteiger partial charge in [0.25, 0.3) is 5.91 Å². The van der Waals surface area contributed by atoms with Crippen molar-refractivity contribution in [3.63, 3.8) is 0 Å². The van der Waals surface area contributed by atoms with Crippen LogP contribution in [0.15, 0.2) is 72.8 Å². The van der Waals surface area contributed by atoms with Crippen LogP contribution in [-0.4, -0.2) is 73.5 Å². The Kier molecular flexibility index (Phi) is 12.2. The molecule has 0 saturated heterocycles. The summed E-state index contributed by atoms with van der Waals surface area (Å²) in [4.78, 5) is 55.6. The molecule has 3 aromatic carbocycles. The van der Waals surface area contributed by atoms with Gasteiger partial charge >= 0.3 is 0 Å². The van der Waals surface area contributed by atoms with Crippen molar-refractivity contribution in [2.24, 2.45) is 0 Å². The van der Waals surface area contributed by atoms with Crippen molar-refractivity contribution in [2.75, 3.05) is 32.8 Å². The van der Waals surface area contributed by atoms with E-state index in [9.17, 15) is 19.2 Å². The summed E-state index contributed by atoms with van der Waals surface area (Å²) < 4.78 is 11.9. The molecule has 1 heterocycles. The normalized spacial score (nSPS) is 17.7. The summed E-state index contributed by atoms with van der Waals surface area (Å²) in [6.45, 7) is 9.18. The lowest BCUT2D eigenvalue weighted by atomic mass is 10.0. The molecule has 0 unspecified atom stereocenters. The van der Waals surface area contributed by atoms with Gasteiger partial charge in [-0.1, -0.05) is 68.4 Å². The summed E-state index contributed by atoms with van der Waals surface area (Å²) in [5.74, 6) is -0.503. The summed E-state index contributed by atoms with van der Waals surface area (Å²) >= 11 is 0. The van der Waals surface area contributed by atoms with Crippen molar-refractivity contribution in [2.45, 2.75) is 58.5 Å². The zero-order valence-corrected chi connectivity index (χ0v) is 27.0. The fraction of sp³-hybridized carbons (Fsp3) is 0.389. The second kappa shape index (κ2) is 16.5. The summed E-state index contributed by atoms with van der Waals surface area (Å²) in [6, 6.07) is 20.1. The van der Waals surface area contributed by atoms with Crippen molar-refractivity contribution in [1.82, 2.24) is 20.9 Å². The highest BCUT2D eigenvalue weighted by Gasteiger charge is 2.30. The number of carbonyl (C=O) groups is 4. The summed E-state index contributed by atoms with van der Waals surface area (Å²) in [7, 11) is 0. The molecular weight excluding hydrogens is 584 g/mol. The van der Waals surface area contributed by atoms with Crippen LogP contribution in [0.2, 0.25) is 0 Å². The first kappa shape index (κ1) is 34.0. The van der Waals surface area contributed by atoms with E-state index in [0.29, 0.717) is 18.2 Å². The van der Waals surface area contributed by atoms with Crippen LogP contribution in [0.1, 0.15) is 60.2 Å². The fourth-order valence-corrected chi connectivity index (χ4v) is 5.21. The average Bonchev–Trinajstić information content (AvgIpc) is 3.05. The Morgan fingerprint density at radius 1 is 1.02 bits per heavy atom. The number of carbonyl (C=O) groups excluding carboxylic acids is 4. The Balaban J connectivity index is 1.52. The zero-order valence-electron chi connectivity index (χ0n) is 27.0. The van der Waals surface area contributed by atoms with Crippen LogP contribution in [0.4, 0.5) is 0 Å². The number of fused-ring (bicyclic) bond motifs is 1. The number of hydrogen-bond acceptors (Lipinski definition) is 6. The lowest BCUT2D eigenvalue weighted by Crippen LogP contribution is -2.54. The van der Waals surface area contributed by atoms with E-state index in [4.69, 9.17) is 9.47 Å². The predicted octanol–water partition coefficient (Wildman–Crippen LogP) is 3.77. The number of hydrogen-bond donors (Lipinski definition) is 3. The van der Waals surface area contributed by atoms with Gasteiger partial charge in [-0.15, -0.1) is 0 Å². The number of amides is 4. The number of aryl methyl sites for hydroxylation is 1. The van der Waals surface area contributed by atoms with Crippen molar-refractivity contribution in [3.8, 4) is 11.5 Å². The highest BCUT2D eigenvalue weighted by Crippen LogP contribution is 2.24. The van der Waals surface area contributed by atoms with Crippen LogP contribution >= 0.6 is 0 Å². The van der Waals surface area contributed by atoms with Crippen LogP contribution in [0.3, 0.4) is 0 Å². The third-order valence-electron chi connectivity index (χ3n) is 7.91. The molecule has 4 amide bonds. The van der Waals surface area contributed by atoms with Gasteiger partial charge in [0.15, 0.2) is 0 Å². The molecule has 0 spiro atoms. The molecule has 10 heteroatoms. The van der Waals surface area contributed by atoms with E-state index in [2.05, 4.69) is 35.9 Å². The molecule has 244 valence electrons. The zero-order chi connectivity index (χ0) is 33.1. The first-order valence-corrected chi connectivity index (χ1v) is 15.8. The van der Waals surface area contributed by atoms with E-state index in [0.717, 1.165) is 22.4 Å². The molecule has 1 aliphatic heterocycles. The molecule has 1 aliphatic rings. The number of nitrogens with zero attached hydrogens (tertiary/aromatic N) is 1. The maximum atomic E-state index is 13.7. The Hall–Kier alpha value is -4.86. The monoisotopic (exact) mass is 628 g/mol. The van der Waals surface area contributed by atoms with E-state index >= 15 is 0 Å². The first-order chi connectivity index (χ1) is 22.2. The van der Waals surface area contributed by atoms with Gasteiger partial charge in [0.2, 0.25) is 17.7 Å². The molecule has 46 heavy (non-hydrogen) atoms. The van der Waals surface area contributed by atoms with E-state index < -0.39 is 29.8 Å². The van der Waals surface area contributed by atoms with E-state index in [1.165, 1.54) is 0 Å². The largest absolute Gasteiger partial charge is 0.491 e.